The summed E-state index contributed by atoms with van der Waals surface area (Å²) in [4.78, 5) is 0. The van der Waals surface area contributed by atoms with Gasteiger partial charge in [0.15, 0.2) is 17.8 Å². The van der Waals surface area contributed by atoms with Gasteiger partial charge in [0.2, 0.25) is 0 Å². The van der Waals surface area contributed by atoms with Gasteiger partial charge in [0, 0.05) is 6.61 Å². The number of hydrogen-bond donors (Lipinski definition) is 1. The minimum Gasteiger partial charge on any atom is -0.504 e. The van der Waals surface area contributed by atoms with Gasteiger partial charge in [-0.3, -0.25) is 0 Å². The molecule has 130 valence electrons. The molecule has 6 nitrogen and oxygen atoms in total. The molecule has 1 aliphatic heterocycles. The Balaban J connectivity index is 1.36. The van der Waals surface area contributed by atoms with Gasteiger partial charge in [-0.2, -0.15) is 0 Å². The normalized spacial score (nSPS) is 18.0. The van der Waals surface area contributed by atoms with Crippen molar-refractivity contribution in [2.24, 2.45) is 0 Å². The predicted octanol–water partition coefficient (Wildman–Crippen LogP) is 2.35. The lowest BCUT2D eigenvalue weighted by Gasteiger charge is -2.22. The number of aromatic hydroxyl groups is 1. The van der Waals surface area contributed by atoms with Crippen LogP contribution in [0.15, 0.2) is 24.3 Å². The fraction of sp³-hybridized carbons (Fsp3) is 0.647. The van der Waals surface area contributed by atoms with E-state index < -0.39 is 0 Å². The molecule has 0 aromatic heterocycles. The molecule has 0 saturated carbocycles. The van der Waals surface area contributed by atoms with E-state index in [1.165, 1.54) is 6.42 Å². The monoisotopic (exact) mass is 326 g/mol. The molecule has 0 aliphatic carbocycles. The Kier molecular flexibility index (Phi) is 8.80. The molecule has 0 radical (unpaired) electrons. The molecular formula is C17H26O6. The van der Waals surface area contributed by atoms with E-state index in [1.807, 2.05) is 6.07 Å². The Labute approximate surface area is 137 Å². The highest BCUT2D eigenvalue weighted by Crippen LogP contribution is 2.23. The van der Waals surface area contributed by atoms with E-state index in [1.54, 1.807) is 18.2 Å². The van der Waals surface area contributed by atoms with Crippen LogP contribution in [0.1, 0.15) is 19.3 Å². The second-order valence-electron chi connectivity index (χ2n) is 5.21. The largest absolute Gasteiger partial charge is 0.504 e. The van der Waals surface area contributed by atoms with E-state index in [0.29, 0.717) is 45.4 Å². The molecular weight excluding hydrogens is 300 g/mol. The molecule has 1 fully saturated rings. The number of phenolic OH excluding ortho intramolecular Hbond substituents is 1. The van der Waals surface area contributed by atoms with Crippen molar-refractivity contribution in [1.29, 1.82) is 0 Å². The molecule has 0 amide bonds. The first kappa shape index (κ1) is 18.0. The maximum Gasteiger partial charge on any atom is 0.161 e. The van der Waals surface area contributed by atoms with Gasteiger partial charge in [0.25, 0.3) is 0 Å². The van der Waals surface area contributed by atoms with Gasteiger partial charge in [-0.1, -0.05) is 12.1 Å². The summed E-state index contributed by atoms with van der Waals surface area (Å²) < 4.78 is 27.2. The van der Waals surface area contributed by atoms with Crippen LogP contribution < -0.4 is 4.74 Å². The number of ether oxygens (including phenoxy) is 5. The zero-order valence-corrected chi connectivity index (χ0v) is 13.4. The maximum absolute atomic E-state index is 9.52. The molecule has 1 aliphatic rings. The van der Waals surface area contributed by atoms with Crippen LogP contribution >= 0.6 is 0 Å². The first-order valence-electron chi connectivity index (χ1n) is 8.16. The fourth-order valence-electron chi connectivity index (χ4n) is 2.19. The summed E-state index contributed by atoms with van der Waals surface area (Å²) in [5, 5.41) is 9.52. The Morgan fingerprint density at radius 1 is 0.957 bits per heavy atom. The van der Waals surface area contributed by atoms with E-state index >= 15 is 0 Å². The molecule has 0 spiro atoms. The second-order valence-corrected chi connectivity index (χ2v) is 5.21. The van der Waals surface area contributed by atoms with E-state index in [2.05, 4.69) is 0 Å². The van der Waals surface area contributed by atoms with Crippen LogP contribution in [0.4, 0.5) is 0 Å². The van der Waals surface area contributed by atoms with Crippen LogP contribution in [0.3, 0.4) is 0 Å². The molecule has 1 atom stereocenters. The minimum absolute atomic E-state index is 0.0600. The van der Waals surface area contributed by atoms with Crippen LogP contribution in [-0.4, -0.2) is 57.6 Å². The van der Waals surface area contributed by atoms with Crippen LogP contribution in [0.5, 0.6) is 11.5 Å². The van der Waals surface area contributed by atoms with Crippen LogP contribution in [-0.2, 0) is 18.9 Å². The van der Waals surface area contributed by atoms with Crippen molar-refractivity contribution in [3.63, 3.8) is 0 Å². The van der Waals surface area contributed by atoms with Gasteiger partial charge in [-0.15, -0.1) is 0 Å². The Morgan fingerprint density at radius 3 is 2.43 bits per heavy atom. The van der Waals surface area contributed by atoms with Crippen LogP contribution in [0, 0.1) is 0 Å². The predicted molar refractivity (Wildman–Crippen MR) is 84.8 cm³/mol. The third-order valence-electron chi connectivity index (χ3n) is 3.39. The molecule has 0 bridgehead atoms. The van der Waals surface area contributed by atoms with Gasteiger partial charge in [0.05, 0.1) is 33.0 Å². The SMILES string of the molecule is Oc1ccccc1OCCOCCOCCOC1CCCCO1. The minimum atomic E-state index is -0.0600. The first-order chi connectivity index (χ1) is 11.4. The van der Waals surface area contributed by atoms with Crippen molar-refractivity contribution < 1.29 is 28.8 Å². The molecule has 1 unspecified atom stereocenters. The number of para-hydroxylation sites is 2. The topological polar surface area (TPSA) is 66.4 Å². The Bertz CT molecular complexity index is 419. The Morgan fingerprint density at radius 2 is 1.70 bits per heavy atom. The maximum atomic E-state index is 9.52. The van der Waals surface area contributed by atoms with Gasteiger partial charge in [-0.05, 0) is 31.4 Å². The van der Waals surface area contributed by atoms with Crippen molar-refractivity contribution in [2.75, 3.05) is 46.2 Å². The average Bonchev–Trinajstić information content (AvgIpc) is 2.59. The second kappa shape index (κ2) is 11.2. The zero-order chi connectivity index (χ0) is 16.2. The first-order valence-corrected chi connectivity index (χ1v) is 8.16. The molecule has 6 heteroatoms. The van der Waals surface area contributed by atoms with Gasteiger partial charge >= 0.3 is 0 Å². The highest BCUT2D eigenvalue weighted by molar-refractivity contribution is 5.37. The van der Waals surface area contributed by atoms with Gasteiger partial charge < -0.3 is 28.8 Å². The van der Waals surface area contributed by atoms with Crippen molar-refractivity contribution in [3.05, 3.63) is 24.3 Å². The third-order valence-corrected chi connectivity index (χ3v) is 3.39. The van der Waals surface area contributed by atoms with Crippen LogP contribution in [0.25, 0.3) is 0 Å². The summed E-state index contributed by atoms with van der Waals surface area (Å²) in [5.41, 5.74) is 0. The van der Waals surface area contributed by atoms with Gasteiger partial charge in [0.1, 0.15) is 6.61 Å². The molecule has 1 aromatic carbocycles. The Hall–Kier alpha value is -1.34. The number of benzene rings is 1. The van der Waals surface area contributed by atoms with E-state index in [-0.39, 0.29) is 12.0 Å². The van der Waals surface area contributed by atoms with Crippen molar-refractivity contribution in [2.45, 2.75) is 25.6 Å². The summed E-state index contributed by atoms with van der Waals surface area (Å²) in [6, 6.07) is 6.86. The molecule has 23 heavy (non-hydrogen) atoms. The molecule has 1 N–H and O–H groups in total. The lowest BCUT2D eigenvalue weighted by Crippen LogP contribution is -2.24. The lowest BCUT2D eigenvalue weighted by atomic mass is 10.2. The number of hydrogen-bond acceptors (Lipinski definition) is 6. The summed E-state index contributed by atoms with van der Waals surface area (Å²) >= 11 is 0. The molecule has 1 saturated heterocycles. The van der Waals surface area contributed by atoms with E-state index in [0.717, 1.165) is 19.4 Å². The van der Waals surface area contributed by atoms with E-state index in [4.69, 9.17) is 23.7 Å². The highest BCUT2D eigenvalue weighted by atomic mass is 16.7. The van der Waals surface area contributed by atoms with Crippen molar-refractivity contribution in [1.82, 2.24) is 0 Å². The molecule has 1 aromatic rings. The highest BCUT2D eigenvalue weighted by Gasteiger charge is 2.13. The average molecular weight is 326 g/mol. The zero-order valence-electron chi connectivity index (χ0n) is 13.4. The van der Waals surface area contributed by atoms with Crippen LogP contribution in [0.2, 0.25) is 0 Å². The molecule has 1 heterocycles. The van der Waals surface area contributed by atoms with Crippen molar-refractivity contribution in [3.8, 4) is 11.5 Å². The number of rotatable bonds is 11. The summed E-state index contributed by atoms with van der Waals surface area (Å²) in [5.74, 6) is 0.604. The lowest BCUT2D eigenvalue weighted by molar-refractivity contribution is -0.169. The third kappa shape index (κ3) is 7.65. The van der Waals surface area contributed by atoms with E-state index in [9.17, 15) is 5.11 Å². The summed E-state index contributed by atoms with van der Waals surface area (Å²) in [7, 11) is 0. The fourth-order valence-corrected chi connectivity index (χ4v) is 2.19. The quantitative estimate of drug-likeness (QED) is 0.630. The summed E-state index contributed by atoms with van der Waals surface area (Å²) in [6.07, 6.45) is 3.21. The van der Waals surface area contributed by atoms with Crippen molar-refractivity contribution >= 4 is 0 Å². The smallest absolute Gasteiger partial charge is 0.161 e. The van der Waals surface area contributed by atoms with Gasteiger partial charge in [-0.25, -0.2) is 0 Å². The standard InChI is InChI=1S/C17H26O6/c18-15-5-1-2-6-16(15)21-13-11-19-9-10-20-12-14-23-17-7-3-4-8-22-17/h1-2,5-6,17-18H,3-4,7-14H2. The molecule has 2 rings (SSSR count). The summed E-state index contributed by atoms with van der Waals surface area (Å²) in [6.45, 7) is 3.74. The number of phenols is 1.